The number of aromatic nitrogens is 3. The van der Waals surface area contributed by atoms with Crippen molar-refractivity contribution in [2.24, 2.45) is 0 Å². The van der Waals surface area contributed by atoms with Crippen molar-refractivity contribution in [3.8, 4) is 67.5 Å². The van der Waals surface area contributed by atoms with Gasteiger partial charge < -0.3 is 4.42 Å². The fraction of sp³-hybridized carbons (Fsp3) is 0. The number of hydrogen-bond acceptors (Lipinski definition) is 4. The van der Waals surface area contributed by atoms with Crippen molar-refractivity contribution in [1.82, 2.24) is 15.0 Å². The molecular weight excluding hydrogens is 653 g/mol. The molecule has 0 amide bonds. The van der Waals surface area contributed by atoms with Crippen LogP contribution in [0.2, 0.25) is 0 Å². The standard InChI is InChI=1S/C45H24B5N3O/c46-38-37(39(47)41(49)42(50)40(38)48)28-17-15-26(16-18-28)25-11-13-27(14-12-25)31-19-21-35-33(23-31)34-24-32(20-22-36(34)54-35)45-52-43(29-7-3-1-4-8-29)51-44(53-45)30-9-5-2-6-10-30/h1-24H. The number of fused-ring (bicyclic) bond motifs is 3. The van der Waals surface area contributed by atoms with Crippen LogP contribution in [0.5, 0.6) is 0 Å². The van der Waals surface area contributed by atoms with Crippen LogP contribution < -0.4 is 27.3 Å². The van der Waals surface area contributed by atoms with E-state index in [0.717, 1.165) is 66.4 Å². The van der Waals surface area contributed by atoms with Crippen molar-refractivity contribution < 1.29 is 4.42 Å². The predicted octanol–water partition coefficient (Wildman–Crippen LogP) is 5.74. The molecule has 54 heavy (non-hydrogen) atoms. The van der Waals surface area contributed by atoms with Crippen LogP contribution in [0.1, 0.15) is 0 Å². The van der Waals surface area contributed by atoms with Gasteiger partial charge in [0.2, 0.25) is 0 Å². The number of nitrogens with zero attached hydrogens (tertiary/aromatic N) is 3. The first kappa shape index (κ1) is 33.5. The van der Waals surface area contributed by atoms with Crippen LogP contribution in [0.15, 0.2) is 150 Å². The van der Waals surface area contributed by atoms with Crippen molar-refractivity contribution in [3.05, 3.63) is 146 Å². The van der Waals surface area contributed by atoms with Gasteiger partial charge in [0, 0.05) is 27.5 Å². The van der Waals surface area contributed by atoms with Gasteiger partial charge in [-0.2, -0.15) is 0 Å². The summed E-state index contributed by atoms with van der Waals surface area (Å²) in [7, 11) is 30.8. The lowest BCUT2D eigenvalue weighted by Crippen LogP contribution is -2.55. The van der Waals surface area contributed by atoms with Crippen LogP contribution in [0.3, 0.4) is 0 Å². The first-order valence-electron chi connectivity index (χ1n) is 17.4. The number of benzene rings is 7. The van der Waals surface area contributed by atoms with Gasteiger partial charge in [0.05, 0.1) is 0 Å². The molecule has 0 fully saturated rings. The Kier molecular flexibility index (Phi) is 8.43. The van der Waals surface area contributed by atoms with Crippen molar-refractivity contribution in [2.75, 3.05) is 0 Å². The van der Waals surface area contributed by atoms with Crippen LogP contribution in [-0.4, -0.2) is 54.2 Å². The molecular formula is C45H24B5N3O. The molecule has 9 rings (SSSR count). The smallest absolute Gasteiger partial charge is 0.164 e. The summed E-state index contributed by atoms with van der Waals surface area (Å²) in [5, 5.41) is 1.99. The molecule has 0 unspecified atom stereocenters. The van der Waals surface area contributed by atoms with Crippen LogP contribution in [0, 0.1) is 0 Å². The van der Waals surface area contributed by atoms with Gasteiger partial charge in [-0.15, -0.1) is 16.4 Å². The Labute approximate surface area is 319 Å². The third kappa shape index (κ3) is 5.96. The molecule has 240 valence electrons. The SMILES string of the molecule is [B]c1c([B])c([B])c(-c2ccc(-c3ccc(-c4ccc5oc6ccc(-c7nc(-c8ccccc8)nc(-c8ccccc8)n7)cc6c5c4)cc3)cc2)c([B])c1[B]. The highest BCUT2D eigenvalue weighted by Crippen LogP contribution is 2.36. The van der Waals surface area contributed by atoms with Gasteiger partial charge in [-0.3, -0.25) is 0 Å². The molecule has 7 aromatic carbocycles. The summed E-state index contributed by atoms with van der Waals surface area (Å²) in [6.45, 7) is 0. The average Bonchev–Trinajstić information content (AvgIpc) is 3.60. The lowest BCUT2D eigenvalue weighted by molar-refractivity contribution is 0.669. The van der Waals surface area contributed by atoms with Crippen molar-refractivity contribution in [3.63, 3.8) is 0 Å². The molecule has 0 aliphatic carbocycles. The minimum atomic E-state index is 0.199. The van der Waals surface area contributed by atoms with E-state index in [0.29, 0.717) is 34.0 Å². The summed E-state index contributed by atoms with van der Waals surface area (Å²) in [4.78, 5) is 14.7. The van der Waals surface area contributed by atoms with Gasteiger partial charge in [0.25, 0.3) is 0 Å². The van der Waals surface area contributed by atoms with Crippen molar-refractivity contribution in [2.45, 2.75) is 0 Å². The summed E-state index contributed by atoms with van der Waals surface area (Å²) < 4.78 is 6.28. The highest BCUT2D eigenvalue weighted by atomic mass is 16.3. The highest BCUT2D eigenvalue weighted by Gasteiger charge is 2.16. The number of furan rings is 1. The molecule has 9 heteroatoms. The Morgan fingerprint density at radius 1 is 0.315 bits per heavy atom. The second kappa shape index (κ2) is 13.6. The number of rotatable bonds is 6. The molecule has 0 N–H and O–H groups in total. The van der Waals surface area contributed by atoms with Crippen LogP contribution in [0.4, 0.5) is 0 Å². The molecule has 4 nitrogen and oxygen atoms in total. The maximum atomic E-state index is 6.30. The third-order valence-electron chi connectivity index (χ3n) is 9.85. The molecule has 0 atom stereocenters. The Bertz CT molecular complexity index is 2770. The second-order valence-corrected chi connectivity index (χ2v) is 13.2. The van der Waals surface area contributed by atoms with Crippen molar-refractivity contribution in [1.29, 1.82) is 0 Å². The Balaban J connectivity index is 1.05. The molecule has 0 bridgehead atoms. The largest absolute Gasteiger partial charge is 0.456 e. The molecule has 10 radical (unpaired) electrons. The van der Waals surface area contributed by atoms with Gasteiger partial charge in [0.1, 0.15) is 50.4 Å². The van der Waals surface area contributed by atoms with E-state index in [9.17, 15) is 0 Å². The minimum Gasteiger partial charge on any atom is -0.456 e. The fourth-order valence-electron chi connectivity index (χ4n) is 6.88. The molecule has 9 aromatic rings. The van der Waals surface area contributed by atoms with Gasteiger partial charge in [0.15, 0.2) is 17.5 Å². The summed E-state index contributed by atoms with van der Waals surface area (Å²) in [6.07, 6.45) is 0. The maximum absolute atomic E-state index is 6.30. The molecule has 0 spiro atoms. The summed E-state index contributed by atoms with van der Waals surface area (Å²) in [5.74, 6) is 1.82. The van der Waals surface area contributed by atoms with E-state index in [1.807, 2.05) is 103 Å². The van der Waals surface area contributed by atoms with E-state index < -0.39 is 0 Å². The zero-order valence-corrected chi connectivity index (χ0v) is 29.0. The topological polar surface area (TPSA) is 51.8 Å². The Hall–Kier alpha value is -6.33. The van der Waals surface area contributed by atoms with Crippen LogP contribution >= 0.6 is 0 Å². The predicted molar refractivity (Wildman–Crippen MR) is 227 cm³/mol. The lowest BCUT2D eigenvalue weighted by Gasteiger charge is -2.21. The molecule has 0 aliphatic heterocycles. The van der Waals surface area contributed by atoms with Gasteiger partial charge in [-0.25, -0.2) is 15.0 Å². The monoisotopic (exact) mass is 677 g/mol. The van der Waals surface area contributed by atoms with Crippen molar-refractivity contribution >= 4 is 88.5 Å². The number of hydrogen-bond donors (Lipinski definition) is 0. The summed E-state index contributed by atoms with van der Waals surface area (Å²) in [6, 6.07) is 48.7. The molecule has 2 aromatic heterocycles. The summed E-state index contributed by atoms with van der Waals surface area (Å²) >= 11 is 0. The molecule has 0 saturated carbocycles. The highest BCUT2D eigenvalue weighted by molar-refractivity contribution is 6.68. The minimum absolute atomic E-state index is 0.199. The van der Waals surface area contributed by atoms with Gasteiger partial charge >= 0.3 is 0 Å². The zero-order chi connectivity index (χ0) is 36.9. The maximum Gasteiger partial charge on any atom is 0.164 e. The third-order valence-corrected chi connectivity index (χ3v) is 9.85. The quantitative estimate of drug-likeness (QED) is 0.211. The van der Waals surface area contributed by atoms with E-state index in [2.05, 4.69) is 42.5 Å². The average molecular weight is 677 g/mol. The first-order valence-corrected chi connectivity index (χ1v) is 17.4. The van der Waals surface area contributed by atoms with E-state index in [-0.39, 0.29) is 16.4 Å². The van der Waals surface area contributed by atoms with E-state index in [4.69, 9.17) is 58.6 Å². The van der Waals surface area contributed by atoms with Gasteiger partial charge in [-0.05, 0) is 63.7 Å². The first-order chi connectivity index (χ1) is 26.3. The van der Waals surface area contributed by atoms with E-state index in [1.165, 1.54) is 0 Å². The molecule has 0 saturated heterocycles. The van der Waals surface area contributed by atoms with Gasteiger partial charge in [-0.1, -0.05) is 126 Å². The molecule has 0 aliphatic rings. The summed E-state index contributed by atoms with van der Waals surface area (Å²) in [5.41, 5.74) is 11.2. The Morgan fingerprint density at radius 3 is 1.15 bits per heavy atom. The van der Waals surface area contributed by atoms with Crippen LogP contribution in [-0.2, 0) is 0 Å². The van der Waals surface area contributed by atoms with E-state index >= 15 is 0 Å². The zero-order valence-electron chi connectivity index (χ0n) is 29.0. The normalized spacial score (nSPS) is 11.3. The fourth-order valence-corrected chi connectivity index (χ4v) is 6.88. The van der Waals surface area contributed by atoms with Crippen LogP contribution in [0.25, 0.3) is 89.5 Å². The van der Waals surface area contributed by atoms with E-state index in [1.54, 1.807) is 0 Å². The Morgan fingerprint density at radius 2 is 0.667 bits per heavy atom. The second-order valence-electron chi connectivity index (χ2n) is 13.2. The lowest BCUT2D eigenvalue weighted by atomic mass is 9.59. The molecule has 2 heterocycles.